The van der Waals surface area contributed by atoms with E-state index in [1.54, 1.807) is 18.5 Å². The van der Waals surface area contributed by atoms with Gasteiger partial charge in [0, 0.05) is 12.1 Å². The van der Waals surface area contributed by atoms with Crippen LogP contribution in [-0.4, -0.2) is 60.4 Å². The molecule has 1 aliphatic heterocycles. The molecule has 1 aromatic heterocycles. The third-order valence-electron chi connectivity index (χ3n) is 6.06. The van der Waals surface area contributed by atoms with Gasteiger partial charge >= 0.3 is 5.97 Å². The average Bonchev–Trinajstić information content (AvgIpc) is 2.93. The molecule has 1 saturated heterocycles. The highest BCUT2D eigenvalue weighted by Crippen LogP contribution is 2.30. The van der Waals surface area contributed by atoms with E-state index >= 15 is 0 Å². The number of para-hydroxylation sites is 2. The van der Waals surface area contributed by atoms with Crippen molar-refractivity contribution < 1.29 is 28.9 Å². The van der Waals surface area contributed by atoms with Crippen molar-refractivity contribution in [2.45, 2.75) is 32.4 Å². The van der Waals surface area contributed by atoms with Crippen molar-refractivity contribution >= 4 is 24.0 Å². The van der Waals surface area contributed by atoms with Gasteiger partial charge in [0.15, 0.2) is 11.5 Å². The Bertz CT molecular complexity index is 1220. The van der Waals surface area contributed by atoms with Crippen LogP contribution in [-0.2, 0) is 11.3 Å². The second-order valence-electron chi connectivity index (χ2n) is 8.51. The van der Waals surface area contributed by atoms with Crippen LogP contribution >= 0.6 is 0 Å². The smallest absolute Gasteiger partial charge is 0.335 e. The third-order valence-corrected chi connectivity index (χ3v) is 6.06. The van der Waals surface area contributed by atoms with Crippen LogP contribution in [0.2, 0.25) is 0 Å². The van der Waals surface area contributed by atoms with Gasteiger partial charge in [0.2, 0.25) is 12.4 Å². The summed E-state index contributed by atoms with van der Waals surface area (Å²) in [7, 11) is 1.49. The van der Waals surface area contributed by atoms with E-state index < -0.39 is 5.97 Å². The van der Waals surface area contributed by atoms with E-state index in [9.17, 15) is 14.7 Å². The van der Waals surface area contributed by atoms with Crippen LogP contribution in [0.3, 0.4) is 0 Å². The van der Waals surface area contributed by atoms with Crippen molar-refractivity contribution in [3.05, 3.63) is 66.0 Å². The summed E-state index contributed by atoms with van der Waals surface area (Å²) in [6.45, 7) is 4.02. The minimum absolute atomic E-state index is 0.0425. The molecule has 194 valence electrons. The molecule has 2 heterocycles. The highest BCUT2D eigenvalue weighted by Gasteiger charge is 2.24. The van der Waals surface area contributed by atoms with E-state index in [1.807, 2.05) is 31.2 Å². The van der Waals surface area contributed by atoms with Crippen LogP contribution in [0.25, 0.3) is 0 Å². The maximum absolute atomic E-state index is 11.9. The molecule has 1 atom stereocenters. The Hall–Kier alpha value is -4.34. The molecular weight excluding hydrogens is 476 g/mol. The molecule has 3 aromatic rings. The van der Waals surface area contributed by atoms with Crippen LogP contribution < -0.4 is 24.0 Å². The van der Waals surface area contributed by atoms with Crippen LogP contribution in [0.15, 0.2) is 54.9 Å². The van der Waals surface area contributed by atoms with Gasteiger partial charge in [-0.3, -0.25) is 4.79 Å². The van der Waals surface area contributed by atoms with E-state index in [2.05, 4.69) is 14.9 Å². The van der Waals surface area contributed by atoms with E-state index in [4.69, 9.17) is 14.2 Å². The minimum atomic E-state index is -1.06. The van der Waals surface area contributed by atoms with Gasteiger partial charge in [-0.15, -0.1) is 0 Å². The lowest BCUT2D eigenvalue weighted by atomic mass is 10.1. The molecule has 0 radical (unpaired) electrons. The molecule has 1 N–H and O–H groups in total. The number of anilines is 2. The number of carboxylic acid groups (broad SMARTS) is 1. The maximum Gasteiger partial charge on any atom is 0.335 e. The number of amides is 1. The molecular formula is C27H30N4O6. The molecule has 37 heavy (non-hydrogen) atoms. The van der Waals surface area contributed by atoms with Crippen molar-refractivity contribution in [1.82, 2.24) is 9.97 Å². The van der Waals surface area contributed by atoms with Crippen molar-refractivity contribution in [3.63, 3.8) is 0 Å². The Morgan fingerprint density at radius 1 is 1.16 bits per heavy atom. The first-order valence-corrected chi connectivity index (χ1v) is 12.1. The van der Waals surface area contributed by atoms with Gasteiger partial charge in [-0.05, 0) is 50.1 Å². The quantitative estimate of drug-likeness (QED) is 0.388. The second-order valence-corrected chi connectivity index (χ2v) is 8.51. The number of carbonyl (C=O) groups excluding carboxylic acids is 1. The van der Waals surface area contributed by atoms with Gasteiger partial charge in [-0.1, -0.05) is 12.1 Å². The number of aromatic carboxylic acids is 1. The number of carbonyl (C=O) groups is 2. The van der Waals surface area contributed by atoms with E-state index in [0.29, 0.717) is 42.5 Å². The third kappa shape index (κ3) is 6.27. The number of aromatic nitrogens is 2. The average molecular weight is 507 g/mol. The Morgan fingerprint density at radius 2 is 1.92 bits per heavy atom. The predicted octanol–water partition coefficient (Wildman–Crippen LogP) is 3.79. The molecule has 0 aliphatic carbocycles. The summed E-state index contributed by atoms with van der Waals surface area (Å²) in [6.07, 6.45) is 5.61. The lowest BCUT2D eigenvalue weighted by Gasteiger charge is -2.33. The largest absolute Gasteiger partial charge is 0.496 e. The standard InChI is InChI=1S/C27H30N4O6/c1-3-36-24-8-4-5-9-25(24)37-22-7-6-12-30(17-22)27-28-14-21(15-29-27)31(18-32)16-20-13-19(26(33)34)10-11-23(20)35-2/h4-5,8-11,13-15,18,22H,3,6-7,12,16-17H2,1-2H3,(H,33,34). The van der Waals surface area contributed by atoms with Crippen LogP contribution in [0, 0.1) is 0 Å². The summed E-state index contributed by atoms with van der Waals surface area (Å²) >= 11 is 0. The molecule has 2 aromatic carbocycles. The fourth-order valence-electron chi connectivity index (χ4n) is 4.25. The molecule has 1 unspecified atom stereocenters. The molecule has 4 rings (SSSR count). The maximum atomic E-state index is 11.9. The highest BCUT2D eigenvalue weighted by molar-refractivity contribution is 5.88. The number of benzene rings is 2. The number of carboxylic acids is 1. The number of piperidine rings is 1. The highest BCUT2D eigenvalue weighted by atomic mass is 16.5. The zero-order valence-corrected chi connectivity index (χ0v) is 20.9. The fraction of sp³-hybridized carbons (Fsp3) is 0.333. The van der Waals surface area contributed by atoms with E-state index in [1.165, 1.54) is 24.1 Å². The molecule has 0 spiro atoms. The molecule has 0 bridgehead atoms. The summed E-state index contributed by atoms with van der Waals surface area (Å²) < 4.78 is 17.3. The van der Waals surface area contributed by atoms with E-state index in [0.717, 1.165) is 30.9 Å². The number of hydrogen-bond donors (Lipinski definition) is 1. The minimum Gasteiger partial charge on any atom is -0.496 e. The lowest BCUT2D eigenvalue weighted by molar-refractivity contribution is -0.107. The summed E-state index contributed by atoms with van der Waals surface area (Å²) in [5.74, 6) is 1.42. The number of methoxy groups -OCH3 is 1. The number of hydrogen-bond acceptors (Lipinski definition) is 8. The zero-order chi connectivity index (χ0) is 26.2. The van der Waals surface area contributed by atoms with Gasteiger partial charge < -0.3 is 29.1 Å². The Kier molecular flexibility index (Phi) is 8.40. The zero-order valence-electron chi connectivity index (χ0n) is 20.9. The second kappa shape index (κ2) is 12.1. The summed E-state index contributed by atoms with van der Waals surface area (Å²) in [5.41, 5.74) is 1.15. The van der Waals surface area contributed by atoms with Gasteiger partial charge in [0.1, 0.15) is 11.9 Å². The summed E-state index contributed by atoms with van der Waals surface area (Å²) in [5, 5.41) is 9.31. The lowest BCUT2D eigenvalue weighted by Crippen LogP contribution is -2.42. The van der Waals surface area contributed by atoms with Gasteiger partial charge in [0.05, 0.1) is 50.5 Å². The van der Waals surface area contributed by atoms with Crippen LogP contribution in [0.1, 0.15) is 35.7 Å². The van der Waals surface area contributed by atoms with Gasteiger partial charge in [-0.25, -0.2) is 14.8 Å². The van der Waals surface area contributed by atoms with Crippen LogP contribution in [0.4, 0.5) is 11.6 Å². The van der Waals surface area contributed by atoms with Crippen molar-refractivity contribution in [2.24, 2.45) is 0 Å². The molecule has 0 saturated carbocycles. The Labute approximate surface area is 215 Å². The summed E-state index contributed by atoms with van der Waals surface area (Å²) in [6, 6.07) is 12.2. The first-order chi connectivity index (χ1) is 18.0. The van der Waals surface area contributed by atoms with Crippen molar-refractivity contribution in [3.8, 4) is 17.2 Å². The molecule has 10 heteroatoms. The topological polar surface area (TPSA) is 114 Å². The fourth-order valence-corrected chi connectivity index (χ4v) is 4.25. The molecule has 1 amide bonds. The summed E-state index contributed by atoms with van der Waals surface area (Å²) in [4.78, 5) is 35.7. The Morgan fingerprint density at radius 3 is 2.59 bits per heavy atom. The SMILES string of the molecule is CCOc1ccccc1OC1CCCN(c2ncc(N(C=O)Cc3cc(C(=O)O)ccc3OC)cn2)C1. The molecule has 10 nitrogen and oxygen atoms in total. The number of rotatable bonds is 11. The van der Waals surface area contributed by atoms with E-state index in [-0.39, 0.29) is 18.2 Å². The van der Waals surface area contributed by atoms with Gasteiger partial charge in [0.25, 0.3) is 0 Å². The van der Waals surface area contributed by atoms with Crippen molar-refractivity contribution in [2.75, 3.05) is 36.6 Å². The first-order valence-electron chi connectivity index (χ1n) is 12.1. The first kappa shape index (κ1) is 25.7. The number of nitrogens with zero attached hydrogens (tertiary/aromatic N) is 4. The normalized spacial score (nSPS) is 15.1. The molecule has 1 aliphatic rings. The van der Waals surface area contributed by atoms with Gasteiger partial charge in [-0.2, -0.15) is 0 Å². The predicted molar refractivity (Wildman–Crippen MR) is 138 cm³/mol. The molecule has 1 fully saturated rings. The Balaban J connectivity index is 1.45. The van der Waals surface area contributed by atoms with Crippen molar-refractivity contribution in [1.29, 1.82) is 0 Å². The van der Waals surface area contributed by atoms with Crippen LogP contribution in [0.5, 0.6) is 17.2 Å². The monoisotopic (exact) mass is 506 g/mol. The number of ether oxygens (including phenoxy) is 3.